The number of ether oxygens (including phenoxy) is 3. The van der Waals surface area contributed by atoms with Gasteiger partial charge in [-0.15, -0.1) is 0 Å². The fourth-order valence-electron chi connectivity index (χ4n) is 6.20. The summed E-state index contributed by atoms with van der Waals surface area (Å²) in [4.78, 5) is 28.3. The van der Waals surface area contributed by atoms with Gasteiger partial charge in [-0.25, -0.2) is 4.79 Å². The number of hydrogen-bond donors (Lipinski definition) is 3. The molecule has 0 spiro atoms. The Morgan fingerprint density at radius 1 is 0.833 bits per heavy atom. The van der Waals surface area contributed by atoms with Gasteiger partial charge in [0, 0.05) is 44.1 Å². The van der Waals surface area contributed by atoms with Gasteiger partial charge in [0.05, 0.1) is 33.0 Å². The van der Waals surface area contributed by atoms with E-state index < -0.39 is 13.9 Å². The maximum absolute atomic E-state index is 14.0. The molecule has 0 radical (unpaired) electrons. The lowest BCUT2D eigenvalue weighted by molar-refractivity contribution is -0.121. The normalized spacial score (nSPS) is 16.3. The summed E-state index contributed by atoms with van der Waals surface area (Å²) >= 11 is 0. The van der Waals surface area contributed by atoms with Gasteiger partial charge in [-0.3, -0.25) is 4.79 Å². The van der Waals surface area contributed by atoms with E-state index in [1.165, 1.54) is 0 Å². The number of hydrogen-bond acceptors (Lipinski definition) is 9. The number of nitrogens with one attached hydrogen (secondary N) is 2. The third kappa shape index (κ3) is 11.7. The zero-order valence-corrected chi connectivity index (χ0v) is 35.7. The van der Waals surface area contributed by atoms with Gasteiger partial charge >= 0.3 is 6.03 Å². The molecule has 2 atom stereocenters. The van der Waals surface area contributed by atoms with Crippen LogP contribution in [0.25, 0.3) is 0 Å². The van der Waals surface area contributed by atoms with Gasteiger partial charge in [0.25, 0.3) is 0 Å². The van der Waals surface area contributed by atoms with Crippen LogP contribution in [0.5, 0.6) is 11.5 Å². The van der Waals surface area contributed by atoms with Crippen LogP contribution in [0.1, 0.15) is 56.7 Å². The molecule has 1 heterocycles. The Kier molecular flexibility index (Phi) is 16.6. The summed E-state index contributed by atoms with van der Waals surface area (Å²) in [6.07, 6.45) is 1.14. The Balaban J connectivity index is 1.58. The Hall–Kier alpha value is -3.20. The Bertz CT molecular complexity index is 1540. The number of nitrogens with zero attached hydrogens (tertiary/aromatic N) is 1. The highest BCUT2D eigenvalue weighted by Crippen LogP contribution is 2.44. The summed E-state index contributed by atoms with van der Waals surface area (Å²) in [5.74, 6) is 3.20. The molecule has 1 aliphatic heterocycles. The van der Waals surface area contributed by atoms with Crippen molar-refractivity contribution in [2.24, 2.45) is 5.73 Å². The van der Waals surface area contributed by atoms with E-state index in [0.29, 0.717) is 52.0 Å². The molecule has 3 aromatic rings. The Morgan fingerprint density at radius 2 is 1.41 bits per heavy atom. The minimum absolute atomic E-state index is 0.0155. The van der Waals surface area contributed by atoms with Crippen molar-refractivity contribution < 1.29 is 28.2 Å². The number of urea groups is 1. The largest absolute Gasteiger partial charge is 0.497 e. The monoisotopic (exact) mass is 796 g/mol. The maximum Gasteiger partial charge on any atom is 0.317 e. The number of rotatable bonds is 20. The summed E-state index contributed by atoms with van der Waals surface area (Å²) in [7, 11) is 4.61. The summed E-state index contributed by atoms with van der Waals surface area (Å²) < 4.78 is 25.2. The molecule has 1 aliphatic rings. The molecule has 3 aromatic carbocycles. The molecule has 4 rings (SSSR count). The second-order valence-corrected chi connectivity index (χ2v) is 22.5. The Morgan fingerprint density at radius 3 is 1.96 bits per heavy atom. The van der Waals surface area contributed by atoms with E-state index in [1.807, 2.05) is 71.6 Å². The van der Waals surface area contributed by atoms with Crippen LogP contribution in [0.4, 0.5) is 4.79 Å². The summed E-state index contributed by atoms with van der Waals surface area (Å²) in [5, 5.41) is 6.07. The van der Waals surface area contributed by atoms with Gasteiger partial charge in [0.2, 0.25) is 5.91 Å². The van der Waals surface area contributed by atoms with Crippen molar-refractivity contribution in [1.29, 1.82) is 0 Å². The van der Waals surface area contributed by atoms with Crippen LogP contribution < -0.4 is 25.8 Å². The van der Waals surface area contributed by atoms with E-state index in [0.717, 1.165) is 39.7 Å². The molecule has 0 bridgehead atoms. The number of amides is 3. The first-order valence-corrected chi connectivity index (χ1v) is 24.2. The molecule has 0 unspecified atom stereocenters. The highest BCUT2D eigenvalue weighted by molar-refractivity contribution is 8.76. The minimum Gasteiger partial charge on any atom is -0.497 e. The van der Waals surface area contributed by atoms with Gasteiger partial charge in [-0.2, -0.15) is 0 Å². The van der Waals surface area contributed by atoms with Crippen LogP contribution in [0.15, 0.2) is 78.9 Å². The third-order valence-corrected chi connectivity index (χ3v) is 17.2. The van der Waals surface area contributed by atoms with Crippen molar-refractivity contribution >= 4 is 41.8 Å². The number of likely N-dealkylation sites (tertiary alicyclic amines) is 1. The van der Waals surface area contributed by atoms with Crippen molar-refractivity contribution in [2.75, 3.05) is 58.5 Å². The molecule has 296 valence electrons. The first-order valence-electron chi connectivity index (χ1n) is 18.8. The molecule has 0 saturated carbocycles. The smallest absolute Gasteiger partial charge is 0.317 e. The summed E-state index contributed by atoms with van der Waals surface area (Å²) in [6, 6.07) is 25.8. The van der Waals surface area contributed by atoms with Gasteiger partial charge in [0.1, 0.15) is 17.1 Å². The van der Waals surface area contributed by atoms with Crippen LogP contribution in [-0.4, -0.2) is 95.8 Å². The Labute approximate surface area is 331 Å². The number of benzene rings is 3. The highest BCUT2D eigenvalue weighted by atomic mass is 33.1. The van der Waals surface area contributed by atoms with Crippen LogP contribution in [-0.2, 0) is 19.6 Å². The average molecular weight is 797 g/mol. The molecule has 1 saturated heterocycles. The fourth-order valence-corrected chi connectivity index (χ4v) is 9.00. The number of nitrogens with two attached hydrogens (primary N) is 1. The average Bonchev–Trinajstić information content (AvgIpc) is 3.58. The molecule has 54 heavy (non-hydrogen) atoms. The van der Waals surface area contributed by atoms with E-state index in [2.05, 4.69) is 56.6 Å². The van der Waals surface area contributed by atoms with Crippen molar-refractivity contribution in [2.45, 2.75) is 75.9 Å². The van der Waals surface area contributed by atoms with Gasteiger partial charge < -0.3 is 39.9 Å². The predicted molar refractivity (Wildman–Crippen MR) is 225 cm³/mol. The highest BCUT2D eigenvalue weighted by Gasteiger charge is 2.46. The standard InChI is InChI=1S/C41H60N4O6S2Si/c1-40(2,3)54(6,7)50-30-34-28-37(29-45(34)39(47)44-24-11-14-38(46)43-25-27-53-52-26-23-42)51-41(31-12-9-8-10-13-31,32-15-19-35(48-4)20-16-32)33-17-21-36(49-5)22-18-33/h8-10,12-13,15-22,34,37H,11,14,23-30,42H2,1-7H3,(H,43,46)(H,44,47)/t34-,37+/m0/s1. The van der Waals surface area contributed by atoms with E-state index >= 15 is 0 Å². The zero-order valence-electron chi connectivity index (χ0n) is 33.0. The maximum atomic E-state index is 14.0. The molecule has 13 heteroatoms. The zero-order chi connectivity index (χ0) is 39.2. The van der Waals surface area contributed by atoms with E-state index in [4.69, 9.17) is 24.4 Å². The van der Waals surface area contributed by atoms with Crippen molar-refractivity contribution in [3.63, 3.8) is 0 Å². The lowest BCUT2D eigenvalue weighted by Gasteiger charge is -2.38. The number of methoxy groups -OCH3 is 2. The molecule has 3 amide bonds. The van der Waals surface area contributed by atoms with Crippen molar-refractivity contribution in [3.05, 3.63) is 95.6 Å². The van der Waals surface area contributed by atoms with Crippen LogP contribution in [0, 0.1) is 0 Å². The molecule has 0 aliphatic carbocycles. The van der Waals surface area contributed by atoms with Crippen molar-refractivity contribution in [3.8, 4) is 11.5 Å². The van der Waals surface area contributed by atoms with E-state index in [9.17, 15) is 9.59 Å². The third-order valence-electron chi connectivity index (χ3n) is 10.2. The summed E-state index contributed by atoms with van der Waals surface area (Å²) in [6.45, 7) is 13.6. The van der Waals surface area contributed by atoms with Gasteiger partial charge in [0.15, 0.2) is 8.32 Å². The van der Waals surface area contributed by atoms with Crippen LogP contribution >= 0.6 is 21.6 Å². The van der Waals surface area contributed by atoms with Crippen LogP contribution in [0.3, 0.4) is 0 Å². The quantitative estimate of drug-likeness (QED) is 0.0464. The van der Waals surface area contributed by atoms with Gasteiger partial charge in [-0.1, -0.05) is 97.0 Å². The second kappa shape index (κ2) is 20.6. The molecule has 10 nitrogen and oxygen atoms in total. The van der Waals surface area contributed by atoms with Crippen molar-refractivity contribution in [1.82, 2.24) is 15.5 Å². The summed E-state index contributed by atoms with van der Waals surface area (Å²) in [5.41, 5.74) is 7.35. The first-order chi connectivity index (χ1) is 25.8. The second-order valence-electron chi connectivity index (χ2n) is 15.0. The number of carbonyl (C=O) groups is 2. The van der Waals surface area contributed by atoms with E-state index in [-0.39, 0.29) is 29.1 Å². The molecule has 1 fully saturated rings. The molecular weight excluding hydrogens is 737 g/mol. The lowest BCUT2D eigenvalue weighted by Crippen LogP contribution is -2.48. The van der Waals surface area contributed by atoms with Crippen LogP contribution in [0.2, 0.25) is 18.1 Å². The lowest BCUT2D eigenvalue weighted by atomic mass is 9.79. The predicted octanol–water partition coefficient (Wildman–Crippen LogP) is 7.42. The first kappa shape index (κ1) is 43.5. The topological polar surface area (TPSA) is 124 Å². The SMILES string of the molecule is COc1ccc(C(O[C@@H]2C[C@@H](CO[Si](C)(C)C(C)(C)C)N(C(=O)NCCCC(=O)NCCSSCCN)C2)(c2ccccc2)c2ccc(OC)cc2)cc1. The van der Waals surface area contributed by atoms with E-state index in [1.54, 1.807) is 35.8 Å². The molecular formula is C41H60N4O6S2Si. The fraction of sp³-hybridized carbons (Fsp3) is 0.512. The minimum atomic E-state index is -2.12. The molecule has 4 N–H and O–H groups in total. The molecule has 0 aromatic heterocycles. The number of carbonyl (C=O) groups excluding carboxylic acids is 2. The van der Waals surface area contributed by atoms with Gasteiger partial charge in [-0.05, 0) is 71.9 Å².